The zero-order chi connectivity index (χ0) is 14.6. The van der Waals surface area contributed by atoms with Crippen LogP contribution in [-0.4, -0.2) is 45.7 Å². The number of hydrogen-bond donors (Lipinski definition) is 0. The van der Waals surface area contributed by atoms with E-state index in [4.69, 9.17) is 18.9 Å². The van der Waals surface area contributed by atoms with Gasteiger partial charge in [0, 0.05) is 13.7 Å². The Bertz CT molecular complexity index is 329. The van der Waals surface area contributed by atoms with E-state index in [-0.39, 0.29) is 12.2 Å². The third kappa shape index (κ3) is 7.48. The molecule has 20 heavy (non-hydrogen) atoms. The van der Waals surface area contributed by atoms with E-state index in [1.807, 2.05) is 37.3 Å². The van der Waals surface area contributed by atoms with Gasteiger partial charge in [-0.1, -0.05) is 25.1 Å². The fourth-order valence-corrected chi connectivity index (χ4v) is 1.60. The Hall–Kier alpha value is -1.10. The van der Waals surface area contributed by atoms with E-state index >= 15 is 0 Å². The molecule has 0 radical (unpaired) electrons. The third-order valence-electron chi connectivity index (χ3n) is 2.78. The van der Waals surface area contributed by atoms with E-state index in [0.717, 1.165) is 18.8 Å². The first kappa shape index (κ1) is 17.0. The molecule has 0 heterocycles. The van der Waals surface area contributed by atoms with Crippen LogP contribution in [0.25, 0.3) is 0 Å². The van der Waals surface area contributed by atoms with E-state index in [9.17, 15) is 0 Å². The average molecular weight is 282 g/mol. The fourth-order valence-electron chi connectivity index (χ4n) is 1.60. The number of hydrogen-bond acceptors (Lipinski definition) is 4. The van der Waals surface area contributed by atoms with Crippen molar-refractivity contribution in [2.45, 2.75) is 32.5 Å². The quantitative estimate of drug-likeness (QED) is 0.585. The Balaban J connectivity index is 2.19. The van der Waals surface area contributed by atoms with Gasteiger partial charge in [-0.25, -0.2) is 0 Å². The summed E-state index contributed by atoms with van der Waals surface area (Å²) in [4.78, 5) is 0. The lowest BCUT2D eigenvalue weighted by Crippen LogP contribution is -2.29. The second kappa shape index (κ2) is 10.7. The van der Waals surface area contributed by atoms with E-state index in [0.29, 0.717) is 19.8 Å². The molecule has 0 saturated carbocycles. The van der Waals surface area contributed by atoms with Crippen molar-refractivity contribution in [1.82, 2.24) is 0 Å². The van der Waals surface area contributed by atoms with Crippen molar-refractivity contribution in [2.24, 2.45) is 0 Å². The molecule has 0 aromatic heterocycles. The number of rotatable bonds is 11. The third-order valence-corrected chi connectivity index (χ3v) is 2.78. The first-order valence-electron chi connectivity index (χ1n) is 7.16. The highest BCUT2D eigenvalue weighted by molar-refractivity contribution is 5.20. The lowest BCUT2D eigenvalue weighted by atomic mass is 10.3. The van der Waals surface area contributed by atoms with Crippen LogP contribution in [0.3, 0.4) is 0 Å². The zero-order valence-electron chi connectivity index (χ0n) is 12.7. The number of ether oxygens (including phenoxy) is 4. The van der Waals surface area contributed by atoms with Gasteiger partial charge in [-0.3, -0.25) is 0 Å². The molecule has 2 atom stereocenters. The van der Waals surface area contributed by atoms with Crippen LogP contribution in [-0.2, 0) is 14.2 Å². The fraction of sp³-hybridized carbons (Fsp3) is 0.625. The van der Waals surface area contributed by atoms with Crippen molar-refractivity contribution < 1.29 is 18.9 Å². The van der Waals surface area contributed by atoms with Crippen molar-refractivity contribution in [2.75, 3.05) is 33.5 Å². The number of benzene rings is 1. The van der Waals surface area contributed by atoms with Crippen LogP contribution in [0.4, 0.5) is 0 Å². The monoisotopic (exact) mass is 282 g/mol. The summed E-state index contributed by atoms with van der Waals surface area (Å²) >= 11 is 0. The van der Waals surface area contributed by atoms with E-state index in [2.05, 4.69) is 6.92 Å². The van der Waals surface area contributed by atoms with Crippen LogP contribution in [0.1, 0.15) is 20.3 Å². The van der Waals surface area contributed by atoms with Crippen LogP contribution in [0.2, 0.25) is 0 Å². The van der Waals surface area contributed by atoms with Crippen molar-refractivity contribution >= 4 is 0 Å². The highest BCUT2D eigenvalue weighted by Crippen LogP contribution is 2.09. The molecular weight excluding hydrogens is 256 g/mol. The molecule has 1 rings (SSSR count). The molecule has 114 valence electrons. The van der Waals surface area contributed by atoms with Gasteiger partial charge < -0.3 is 18.9 Å². The summed E-state index contributed by atoms with van der Waals surface area (Å²) in [5.41, 5.74) is 0. The Kier molecular flexibility index (Phi) is 9.04. The number of para-hydroxylation sites is 1. The maximum atomic E-state index is 5.70. The van der Waals surface area contributed by atoms with Gasteiger partial charge in [0.2, 0.25) is 0 Å². The van der Waals surface area contributed by atoms with Gasteiger partial charge in [0.1, 0.15) is 18.5 Å². The van der Waals surface area contributed by atoms with Gasteiger partial charge in [-0.2, -0.15) is 0 Å². The van der Waals surface area contributed by atoms with Crippen LogP contribution in [0.5, 0.6) is 5.75 Å². The SMILES string of the molecule is CCCOCC(C)OCC(COc1ccccc1)OC. The zero-order valence-corrected chi connectivity index (χ0v) is 12.7. The predicted octanol–water partition coefficient (Wildman–Crippen LogP) is 2.91. The van der Waals surface area contributed by atoms with E-state index in [1.54, 1.807) is 7.11 Å². The second-order valence-electron chi connectivity index (χ2n) is 4.70. The van der Waals surface area contributed by atoms with Crippen molar-refractivity contribution in [3.8, 4) is 5.75 Å². The standard InChI is InChI=1S/C16H26O4/c1-4-10-18-11-14(2)19-12-16(17-3)13-20-15-8-6-5-7-9-15/h5-9,14,16H,4,10-13H2,1-3H3. The molecule has 0 aliphatic carbocycles. The van der Waals surface area contributed by atoms with Crippen molar-refractivity contribution in [3.05, 3.63) is 30.3 Å². The Morgan fingerprint density at radius 1 is 1.05 bits per heavy atom. The van der Waals surface area contributed by atoms with Crippen LogP contribution >= 0.6 is 0 Å². The summed E-state index contributed by atoms with van der Waals surface area (Å²) in [6.45, 7) is 6.46. The van der Waals surface area contributed by atoms with E-state index < -0.39 is 0 Å². The summed E-state index contributed by atoms with van der Waals surface area (Å²) in [5, 5.41) is 0. The molecule has 0 amide bonds. The van der Waals surface area contributed by atoms with Gasteiger partial charge in [0.15, 0.2) is 0 Å². The Morgan fingerprint density at radius 2 is 1.80 bits per heavy atom. The summed E-state index contributed by atoms with van der Waals surface area (Å²) in [5.74, 6) is 0.842. The summed E-state index contributed by atoms with van der Waals surface area (Å²) in [7, 11) is 1.67. The molecule has 0 spiro atoms. The first-order valence-corrected chi connectivity index (χ1v) is 7.16. The molecule has 0 fully saturated rings. The predicted molar refractivity (Wildman–Crippen MR) is 79.3 cm³/mol. The average Bonchev–Trinajstić information content (AvgIpc) is 2.49. The van der Waals surface area contributed by atoms with Crippen LogP contribution in [0, 0.1) is 0 Å². The number of methoxy groups -OCH3 is 1. The van der Waals surface area contributed by atoms with E-state index in [1.165, 1.54) is 0 Å². The van der Waals surface area contributed by atoms with Crippen LogP contribution < -0.4 is 4.74 Å². The van der Waals surface area contributed by atoms with Gasteiger partial charge in [0.05, 0.1) is 19.3 Å². The molecule has 4 nitrogen and oxygen atoms in total. The highest BCUT2D eigenvalue weighted by atomic mass is 16.6. The van der Waals surface area contributed by atoms with Gasteiger partial charge in [0.25, 0.3) is 0 Å². The van der Waals surface area contributed by atoms with Gasteiger partial charge in [-0.05, 0) is 25.5 Å². The molecule has 1 aromatic rings. The molecule has 2 unspecified atom stereocenters. The molecule has 0 aliphatic rings. The first-order chi connectivity index (χ1) is 9.76. The minimum Gasteiger partial charge on any atom is -0.491 e. The molecule has 0 bridgehead atoms. The smallest absolute Gasteiger partial charge is 0.119 e. The minimum atomic E-state index is -0.0798. The van der Waals surface area contributed by atoms with Crippen molar-refractivity contribution in [3.63, 3.8) is 0 Å². The maximum Gasteiger partial charge on any atom is 0.119 e. The molecule has 1 aromatic carbocycles. The van der Waals surface area contributed by atoms with Gasteiger partial charge in [-0.15, -0.1) is 0 Å². The Labute approximate surface area is 122 Å². The Morgan fingerprint density at radius 3 is 2.45 bits per heavy atom. The summed E-state index contributed by atoms with van der Waals surface area (Å²) < 4.78 is 22.2. The lowest BCUT2D eigenvalue weighted by Gasteiger charge is -2.19. The molecular formula is C16H26O4. The summed E-state index contributed by atoms with van der Waals surface area (Å²) in [6.07, 6.45) is 1.01. The largest absolute Gasteiger partial charge is 0.491 e. The maximum absolute atomic E-state index is 5.70. The van der Waals surface area contributed by atoms with Crippen LogP contribution in [0.15, 0.2) is 30.3 Å². The lowest BCUT2D eigenvalue weighted by molar-refractivity contribution is -0.0617. The molecule has 0 aliphatic heterocycles. The second-order valence-corrected chi connectivity index (χ2v) is 4.70. The molecule has 0 N–H and O–H groups in total. The molecule has 4 heteroatoms. The summed E-state index contributed by atoms with van der Waals surface area (Å²) in [6, 6.07) is 9.70. The normalized spacial score (nSPS) is 13.9. The topological polar surface area (TPSA) is 36.9 Å². The van der Waals surface area contributed by atoms with Gasteiger partial charge >= 0.3 is 0 Å². The highest BCUT2D eigenvalue weighted by Gasteiger charge is 2.11. The van der Waals surface area contributed by atoms with Crippen molar-refractivity contribution in [1.29, 1.82) is 0 Å². The molecule has 0 saturated heterocycles. The minimum absolute atomic E-state index is 0.0657.